The van der Waals surface area contributed by atoms with Crippen molar-refractivity contribution < 1.29 is 4.74 Å². The Labute approximate surface area is 94.7 Å². The first-order chi connectivity index (χ1) is 7.31. The molecule has 0 spiro atoms. The van der Waals surface area contributed by atoms with Crippen LogP contribution in [0.5, 0.6) is 0 Å². The van der Waals surface area contributed by atoms with Crippen LogP contribution in [0.4, 0.5) is 0 Å². The highest BCUT2D eigenvalue weighted by Crippen LogP contribution is 2.31. The molecule has 15 heavy (non-hydrogen) atoms. The lowest BCUT2D eigenvalue weighted by atomic mass is 10.0. The molecule has 0 aliphatic carbocycles. The minimum atomic E-state index is 0.431. The van der Waals surface area contributed by atoms with Crippen molar-refractivity contribution >= 4 is 11.3 Å². The van der Waals surface area contributed by atoms with E-state index >= 15 is 0 Å². The molecule has 3 nitrogen and oxygen atoms in total. The van der Waals surface area contributed by atoms with Crippen molar-refractivity contribution in [2.45, 2.75) is 31.6 Å². The lowest BCUT2D eigenvalue weighted by molar-refractivity contribution is 0.0804. The number of hydrogen-bond acceptors (Lipinski definition) is 4. The van der Waals surface area contributed by atoms with Gasteiger partial charge in [0.25, 0.3) is 0 Å². The Morgan fingerprint density at radius 1 is 1.73 bits per heavy atom. The molecule has 1 aromatic rings. The first-order valence-corrected chi connectivity index (χ1v) is 6.36. The minimum absolute atomic E-state index is 0.431. The van der Waals surface area contributed by atoms with Gasteiger partial charge in [0.1, 0.15) is 0 Å². The summed E-state index contributed by atoms with van der Waals surface area (Å²) in [6.07, 6.45) is 4.35. The van der Waals surface area contributed by atoms with Crippen molar-refractivity contribution in [1.82, 2.24) is 4.98 Å². The van der Waals surface area contributed by atoms with E-state index < -0.39 is 0 Å². The zero-order valence-corrected chi connectivity index (χ0v) is 9.93. The SMILES string of the molecule is CC(CN)c1cnc(C2CCCOC2)s1. The smallest absolute Gasteiger partial charge is 0.0981 e. The van der Waals surface area contributed by atoms with Crippen molar-refractivity contribution in [2.24, 2.45) is 5.73 Å². The third-order valence-corrected chi connectivity index (χ3v) is 4.28. The predicted octanol–water partition coefficient (Wildman–Crippen LogP) is 2.10. The Hall–Kier alpha value is -0.450. The predicted molar refractivity (Wildman–Crippen MR) is 62.4 cm³/mol. The molecule has 1 fully saturated rings. The topological polar surface area (TPSA) is 48.1 Å². The fraction of sp³-hybridized carbons (Fsp3) is 0.727. The summed E-state index contributed by atoms with van der Waals surface area (Å²) in [5.74, 6) is 0.947. The lowest BCUT2D eigenvalue weighted by Crippen LogP contribution is -2.15. The van der Waals surface area contributed by atoms with Crippen LogP contribution in [0.3, 0.4) is 0 Å². The number of aromatic nitrogens is 1. The molecule has 2 atom stereocenters. The van der Waals surface area contributed by atoms with Crippen LogP contribution < -0.4 is 5.73 Å². The molecule has 0 amide bonds. The van der Waals surface area contributed by atoms with Crippen LogP contribution in [0.15, 0.2) is 6.20 Å². The molecule has 2 rings (SSSR count). The average molecular weight is 226 g/mol. The third-order valence-electron chi connectivity index (χ3n) is 2.89. The molecule has 2 unspecified atom stereocenters. The van der Waals surface area contributed by atoms with Gasteiger partial charge in [-0.1, -0.05) is 6.92 Å². The van der Waals surface area contributed by atoms with Gasteiger partial charge < -0.3 is 10.5 Å². The number of nitrogens with two attached hydrogens (primary N) is 1. The first-order valence-electron chi connectivity index (χ1n) is 5.54. The van der Waals surface area contributed by atoms with E-state index in [0.717, 1.165) is 19.6 Å². The van der Waals surface area contributed by atoms with Crippen LogP contribution in [0, 0.1) is 0 Å². The van der Waals surface area contributed by atoms with Crippen molar-refractivity contribution in [3.63, 3.8) is 0 Å². The van der Waals surface area contributed by atoms with Crippen LogP contribution in [-0.2, 0) is 4.74 Å². The monoisotopic (exact) mass is 226 g/mol. The number of hydrogen-bond donors (Lipinski definition) is 1. The number of rotatable bonds is 3. The van der Waals surface area contributed by atoms with Crippen molar-refractivity contribution in [3.05, 3.63) is 16.1 Å². The van der Waals surface area contributed by atoms with Crippen molar-refractivity contribution in [1.29, 1.82) is 0 Å². The van der Waals surface area contributed by atoms with Gasteiger partial charge in [-0.15, -0.1) is 11.3 Å². The van der Waals surface area contributed by atoms with E-state index in [1.54, 1.807) is 11.3 Å². The summed E-state index contributed by atoms with van der Waals surface area (Å²) < 4.78 is 5.47. The van der Waals surface area contributed by atoms with Crippen molar-refractivity contribution in [3.8, 4) is 0 Å². The Morgan fingerprint density at radius 3 is 3.27 bits per heavy atom. The maximum atomic E-state index is 5.65. The summed E-state index contributed by atoms with van der Waals surface area (Å²) in [7, 11) is 0. The normalized spacial score (nSPS) is 24.0. The molecular formula is C11H18N2OS. The van der Waals surface area contributed by atoms with E-state index in [4.69, 9.17) is 10.5 Å². The van der Waals surface area contributed by atoms with Crippen LogP contribution in [0.1, 0.15) is 41.5 Å². The van der Waals surface area contributed by atoms with Crippen LogP contribution in [0.25, 0.3) is 0 Å². The molecule has 84 valence electrons. The van der Waals surface area contributed by atoms with Gasteiger partial charge in [-0.2, -0.15) is 0 Å². The van der Waals surface area contributed by atoms with Gasteiger partial charge in [0.2, 0.25) is 0 Å². The summed E-state index contributed by atoms with van der Waals surface area (Å²) >= 11 is 1.80. The molecule has 0 bridgehead atoms. The number of nitrogens with zero attached hydrogens (tertiary/aromatic N) is 1. The van der Waals surface area contributed by atoms with Gasteiger partial charge in [0, 0.05) is 29.5 Å². The molecule has 2 heterocycles. The minimum Gasteiger partial charge on any atom is -0.381 e. The quantitative estimate of drug-likeness (QED) is 0.858. The standard InChI is InChI=1S/C11H18N2OS/c1-8(5-12)10-6-13-11(15-10)9-3-2-4-14-7-9/h6,8-9H,2-5,7,12H2,1H3. The molecule has 1 aliphatic heterocycles. The molecule has 0 saturated carbocycles. The Bertz CT molecular complexity index is 307. The second kappa shape index (κ2) is 5.05. The van der Waals surface area contributed by atoms with Crippen LogP contribution >= 0.6 is 11.3 Å². The van der Waals surface area contributed by atoms with E-state index in [1.165, 1.54) is 16.3 Å². The lowest BCUT2D eigenvalue weighted by Gasteiger charge is -2.19. The van der Waals surface area contributed by atoms with E-state index in [9.17, 15) is 0 Å². The molecule has 1 aromatic heterocycles. The summed E-state index contributed by atoms with van der Waals surface area (Å²) in [6.45, 7) is 4.59. The number of thiazole rings is 1. The molecule has 1 aliphatic rings. The summed E-state index contributed by atoms with van der Waals surface area (Å²) in [4.78, 5) is 5.80. The van der Waals surface area contributed by atoms with Crippen LogP contribution in [-0.4, -0.2) is 24.7 Å². The molecule has 4 heteroatoms. The van der Waals surface area contributed by atoms with E-state index in [1.807, 2.05) is 6.20 Å². The maximum Gasteiger partial charge on any atom is 0.0981 e. The molecule has 0 aromatic carbocycles. The molecule has 1 saturated heterocycles. The Balaban J connectivity index is 2.05. The Morgan fingerprint density at radius 2 is 2.60 bits per heavy atom. The first kappa shape index (κ1) is 11.0. The molecule has 0 radical (unpaired) electrons. The zero-order valence-electron chi connectivity index (χ0n) is 9.11. The molecule has 2 N–H and O–H groups in total. The van der Waals surface area contributed by atoms with Crippen LogP contribution in [0.2, 0.25) is 0 Å². The van der Waals surface area contributed by atoms with Gasteiger partial charge in [0.15, 0.2) is 0 Å². The van der Waals surface area contributed by atoms with Crippen molar-refractivity contribution in [2.75, 3.05) is 19.8 Å². The second-order valence-corrected chi connectivity index (χ2v) is 5.25. The highest BCUT2D eigenvalue weighted by Gasteiger charge is 2.20. The number of ether oxygens (including phenoxy) is 1. The molecular weight excluding hydrogens is 208 g/mol. The zero-order chi connectivity index (χ0) is 10.7. The average Bonchev–Trinajstić information content (AvgIpc) is 2.78. The van der Waals surface area contributed by atoms with E-state index in [2.05, 4.69) is 11.9 Å². The highest BCUT2D eigenvalue weighted by molar-refractivity contribution is 7.11. The summed E-state index contributed by atoms with van der Waals surface area (Å²) in [5.41, 5.74) is 5.65. The van der Waals surface area contributed by atoms with Gasteiger partial charge >= 0.3 is 0 Å². The fourth-order valence-electron chi connectivity index (χ4n) is 1.77. The highest BCUT2D eigenvalue weighted by atomic mass is 32.1. The van der Waals surface area contributed by atoms with Gasteiger partial charge in [-0.25, -0.2) is 4.98 Å². The van der Waals surface area contributed by atoms with Gasteiger partial charge in [-0.3, -0.25) is 0 Å². The summed E-state index contributed by atoms with van der Waals surface area (Å²) in [6, 6.07) is 0. The third kappa shape index (κ3) is 2.56. The van der Waals surface area contributed by atoms with Gasteiger partial charge in [-0.05, 0) is 19.4 Å². The second-order valence-electron chi connectivity index (χ2n) is 4.15. The Kier molecular flexibility index (Phi) is 3.72. The van der Waals surface area contributed by atoms with E-state index in [0.29, 0.717) is 18.4 Å². The summed E-state index contributed by atoms with van der Waals surface area (Å²) in [5, 5.41) is 1.23. The maximum absolute atomic E-state index is 5.65. The largest absolute Gasteiger partial charge is 0.381 e. The fourth-order valence-corrected chi connectivity index (χ4v) is 2.87. The van der Waals surface area contributed by atoms with E-state index in [-0.39, 0.29) is 0 Å². The van der Waals surface area contributed by atoms with Gasteiger partial charge in [0.05, 0.1) is 11.6 Å².